The van der Waals surface area contributed by atoms with E-state index in [1.54, 1.807) is 13.8 Å². The maximum absolute atomic E-state index is 12.6. The van der Waals surface area contributed by atoms with E-state index in [4.69, 9.17) is 0 Å². The fraction of sp³-hybridized carbons (Fsp3) is 0.250. The molecule has 0 radical (unpaired) electrons. The average molecular weight is 341 g/mol. The van der Waals surface area contributed by atoms with Crippen molar-refractivity contribution in [2.24, 2.45) is 0 Å². The second-order valence-corrected chi connectivity index (χ2v) is 5.55. The minimum absolute atomic E-state index is 0.110. The third kappa shape index (κ3) is 2.91. The second kappa shape index (κ2) is 6.27. The van der Waals surface area contributed by atoms with E-state index in [0.29, 0.717) is 22.5 Å². The third-order valence-corrected chi connectivity index (χ3v) is 3.85. The van der Waals surface area contributed by atoms with E-state index < -0.39 is 5.76 Å². The number of H-pyrrole nitrogens is 1. The molecule has 3 heterocycles. The second-order valence-electron chi connectivity index (χ2n) is 5.55. The maximum Gasteiger partial charge on any atom is 0.442 e. The Morgan fingerprint density at radius 1 is 1.28 bits per heavy atom. The van der Waals surface area contributed by atoms with E-state index in [2.05, 4.69) is 24.6 Å². The Morgan fingerprint density at radius 3 is 2.64 bits per heavy atom. The minimum atomic E-state index is -0.776. The molecular formula is C16H15N5O4. The van der Waals surface area contributed by atoms with Crippen LogP contribution in [0, 0.1) is 13.8 Å². The maximum atomic E-state index is 12.6. The lowest BCUT2D eigenvalue weighted by Crippen LogP contribution is -2.22. The van der Waals surface area contributed by atoms with Gasteiger partial charge in [-0.05, 0) is 26.3 Å². The summed E-state index contributed by atoms with van der Waals surface area (Å²) in [5.74, 6) is -1.17. The Hall–Kier alpha value is -3.36. The van der Waals surface area contributed by atoms with E-state index in [9.17, 15) is 14.4 Å². The number of carbonyl (C=O) groups is 2. The van der Waals surface area contributed by atoms with Crippen LogP contribution in [0.25, 0.3) is 11.5 Å². The number of ketones is 2. The van der Waals surface area contributed by atoms with Crippen LogP contribution in [0.3, 0.4) is 0 Å². The van der Waals surface area contributed by atoms with Gasteiger partial charge in [0.25, 0.3) is 0 Å². The van der Waals surface area contributed by atoms with Gasteiger partial charge in [0.05, 0.1) is 18.4 Å². The topological polar surface area (TPSA) is 124 Å². The molecule has 0 atom stereocenters. The molecule has 0 aliphatic rings. The number of hydrogen-bond donors (Lipinski definition) is 1. The summed E-state index contributed by atoms with van der Waals surface area (Å²) in [6.45, 7) is 4.55. The van der Waals surface area contributed by atoms with Crippen LogP contribution in [0.2, 0.25) is 0 Å². The number of hydrogen-bond acceptors (Lipinski definition) is 7. The summed E-state index contributed by atoms with van der Waals surface area (Å²) in [6.07, 6.45) is 4.33. The number of aromatic amines is 1. The molecule has 3 aromatic heterocycles. The van der Waals surface area contributed by atoms with Gasteiger partial charge in [0.2, 0.25) is 5.82 Å². The average Bonchev–Trinajstić information content (AvgIpc) is 3.08. The summed E-state index contributed by atoms with van der Waals surface area (Å²) in [5, 5.41) is 3.66. The van der Waals surface area contributed by atoms with Gasteiger partial charge in [-0.25, -0.2) is 14.3 Å². The first-order valence-electron chi connectivity index (χ1n) is 7.46. The van der Waals surface area contributed by atoms with Crippen molar-refractivity contribution in [3.63, 3.8) is 0 Å². The highest BCUT2D eigenvalue weighted by atomic mass is 16.5. The molecule has 3 rings (SSSR count). The van der Waals surface area contributed by atoms with Crippen LogP contribution >= 0.6 is 0 Å². The number of rotatable bonds is 5. The minimum Gasteiger partial charge on any atom is -0.355 e. The summed E-state index contributed by atoms with van der Waals surface area (Å²) in [6, 6.07) is 0. The van der Waals surface area contributed by atoms with Crippen molar-refractivity contribution < 1.29 is 14.1 Å². The van der Waals surface area contributed by atoms with Crippen LogP contribution in [-0.2, 0) is 6.54 Å². The Balaban J connectivity index is 1.98. The monoisotopic (exact) mass is 341 g/mol. The van der Waals surface area contributed by atoms with Crippen LogP contribution < -0.4 is 5.76 Å². The largest absolute Gasteiger partial charge is 0.442 e. The van der Waals surface area contributed by atoms with E-state index in [1.165, 1.54) is 25.5 Å². The van der Waals surface area contributed by atoms with Crippen molar-refractivity contribution in [1.82, 2.24) is 24.7 Å². The van der Waals surface area contributed by atoms with Crippen LogP contribution in [0.1, 0.15) is 39.0 Å². The van der Waals surface area contributed by atoms with Crippen molar-refractivity contribution in [2.45, 2.75) is 27.3 Å². The zero-order valence-corrected chi connectivity index (χ0v) is 13.9. The molecule has 25 heavy (non-hydrogen) atoms. The molecule has 0 unspecified atom stereocenters. The first-order chi connectivity index (χ1) is 11.9. The van der Waals surface area contributed by atoms with Crippen molar-refractivity contribution in [1.29, 1.82) is 0 Å². The number of aromatic nitrogens is 5. The van der Waals surface area contributed by atoms with Gasteiger partial charge in [-0.3, -0.25) is 19.1 Å². The van der Waals surface area contributed by atoms with Gasteiger partial charge in [-0.2, -0.15) is 0 Å². The fourth-order valence-corrected chi connectivity index (χ4v) is 2.79. The molecular weight excluding hydrogens is 326 g/mol. The lowest BCUT2D eigenvalue weighted by atomic mass is 10.1. The molecule has 0 bridgehead atoms. The first-order valence-corrected chi connectivity index (χ1v) is 7.46. The van der Waals surface area contributed by atoms with Crippen LogP contribution in [-0.4, -0.2) is 36.2 Å². The van der Waals surface area contributed by atoms with Gasteiger partial charge in [-0.15, -0.1) is 0 Å². The molecule has 0 saturated carbocycles. The van der Waals surface area contributed by atoms with Crippen LogP contribution in [0.4, 0.5) is 0 Å². The predicted molar refractivity (Wildman–Crippen MR) is 86.4 cm³/mol. The first kappa shape index (κ1) is 16.5. The number of aryl methyl sites for hydroxylation is 1. The molecule has 0 aromatic carbocycles. The summed E-state index contributed by atoms with van der Waals surface area (Å²) in [4.78, 5) is 47.2. The molecule has 0 saturated heterocycles. The van der Waals surface area contributed by atoms with E-state index in [0.717, 1.165) is 4.57 Å². The van der Waals surface area contributed by atoms with E-state index in [1.807, 2.05) is 0 Å². The summed E-state index contributed by atoms with van der Waals surface area (Å²) in [7, 11) is 0. The lowest BCUT2D eigenvalue weighted by molar-refractivity contribution is 0.0964. The van der Waals surface area contributed by atoms with E-state index >= 15 is 0 Å². The fourth-order valence-electron chi connectivity index (χ4n) is 2.79. The van der Waals surface area contributed by atoms with Crippen molar-refractivity contribution in [3.05, 3.63) is 51.7 Å². The molecule has 0 spiro atoms. The Bertz CT molecular complexity index is 1010. The van der Waals surface area contributed by atoms with Crippen molar-refractivity contribution in [2.75, 3.05) is 0 Å². The molecule has 0 amide bonds. The standard InChI is InChI=1S/C16H15N5O4/c1-8-13(10(3)22)9(2)19-14(8)12(23)7-21-15(20-25-16(21)24)11-6-17-4-5-18-11/h4-6,19H,7H2,1-3H3. The zero-order valence-electron chi connectivity index (χ0n) is 13.9. The zero-order chi connectivity index (χ0) is 18.1. The Kier molecular flexibility index (Phi) is 4.14. The van der Waals surface area contributed by atoms with Crippen LogP contribution in [0.5, 0.6) is 0 Å². The van der Waals surface area contributed by atoms with Gasteiger partial charge >= 0.3 is 5.76 Å². The van der Waals surface area contributed by atoms with E-state index in [-0.39, 0.29) is 29.6 Å². The molecule has 9 nitrogen and oxygen atoms in total. The normalized spacial score (nSPS) is 10.8. The number of nitrogens with one attached hydrogen (secondary N) is 1. The van der Waals surface area contributed by atoms with Crippen molar-refractivity contribution in [3.8, 4) is 11.5 Å². The van der Waals surface area contributed by atoms with Gasteiger partial charge < -0.3 is 4.98 Å². The molecule has 1 N–H and O–H groups in total. The highest BCUT2D eigenvalue weighted by Gasteiger charge is 2.23. The van der Waals surface area contributed by atoms with Gasteiger partial charge in [0, 0.05) is 23.7 Å². The highest BCUT2D eigenvalue weighted by molar-refractivity contribution is 6.03. The lowest BCUT2D eigenvalue weighted by Gasteiger charge is -2.03. The van der Waals surface area contributed by atoms with Gasteiger partial charge in [0.1, 0.15) is 5.69 Å². The summed E-state index contributed by atoms with van der Waals surface area (Å²) < 4.78 is 5.74. The number of nitrogens with zero attached hydrogens (tertiary/aromatic N) is 4. The highest BCUT2D eigenvalue weighted by Crippen LogP contribution is 2.20. The van der Waals surface area contributed by atoms with Crippen molar-refractivity contribution >= 4 is 11.6 Å². The summed E-state index contributed by atoms with van der Waals surface area (Å²) in [5.41, 5.74) is 2.24. The van der Waals surface area contributed by atoms with Crippen LogP contribution in [0.15, 0.2) is 27.9 Å². The molecule has 3 aromatic rings. The third-order valence-electron chi connectivity index (χ3n) is 3.85. The molecule has 0 fully saturated rings. The Morgan fingerprint density at radius 2 is 2.04 bits per heavy atom. The molecule has 0 aliphatic carbocycles. The molecule has 128 valence electrons. The van der Waals surface area contributed by atoms with Gasteiger partial charge in [-0.1, -0.05) is 5.16 Å². The number of Topliss-reactive ketones (excluding diaryl/α,β-unsaturated/α-hetero) is 2. The summed E-state index contributed by atoms with van der Waals surface area (Å²) >= 11 is 0. The quantitative estimate of drug-likeness (QED) is 0.694. The smallest absolute Gasteiger partial charge is 0.355 e. The molecule has 9 heteroatoms. The van der Waals surface area contributed by atoms with Gasteiger partial charge in [0.15, 0.2) is 11.6 Å². The number of carbonyl (C=O) groups excluding carboxylic acids is 2. The molecule has 0 aliphatic heterocycles. The Labute approximate surface area is 141 Å². The SMILES string of the molecule is CC(=O)c1c(C)[nH]c(C(=O)Cn2c(-c3cnccn3)noc2=O)c1C. The predicted octanol–water partition coefficient (Wildman–Crippen LogP) is 1.32.